The number of hydrogen-bond donors (Lipinski definition) is 3. The molecule has 0 fully saturated rings. The highest BCUT2D eigenvalue weighted by Crippen LogP contribution is 2.39. The fourth-order valence-electron chi connectivity index (χ4n) is 4.21. The van der Waals surface area contributed by atoms with Crippen molar-refractivity contribution < 1.29 is 9.69 Å². The first-order chi connectivity index (χ1) is 13.7. The number of hydrogen-bond acceptors (Lipinski definition) is 3. The summed E-state index contributed by atoms with van der Waals surface area (Å²) in [6.07, 6.45) is 0.807. The number of anilines is 1. The van der Waals surface area contributed by atoms with Gasteiger partial charge in [-0.25, -0.2) is 0 Å². The van der Waals surface area contributed by atoms with Crippen LogP contribution in [0.3, 0.4) is 0 Å². The van der Waals surface area contributed by atoms with Gasteiger partial charge < -0.3 is 15.5 Å². The highest BCUT2D eigenvalue weighted by Gasteiger charge is 2.34. The summed E-state index contributed by atoms with van der Waals surface area (Å²) in [5.41, 5.74) is 5.82. The molecule has 3 aromatic rings. The summed E-state index contributed by atoms with van der Waals surface area (Å²) in [5, 5.41) is 7.74. The number of quaternary nitrogens is 1. The highest BCUT2D eigenvalue weighted by molar-refractivity contribution is 7.16. The molecule has 3 heterocycles. The van der Waals surface area contributed by atoms with Crippen LogP contribution in [0, 0.1) is 6.92 Å². The zero-order valence-corrected chi connectivity index (χ0v) is 16.7. The summed E-state index contributed by atoms with van der Waals surface area (Å²) < 4.78 is 0. The summed E-state index contributed by atoms with van der Waals surface area (Å²) in [5.74, 6) is 0.0586. The summed E-state index contributed by atoms with van der Waals surface area (Å²) in [7, 11) is 0. The summed E-state index contributed by atoms with van der Waals surface area (Å²) in [6, 6.07) is 19.0. The predicted octanol–water partition coefficient (Wildman–Crippen LogP) is 3.05. The van der Waals surface area contributed by atoms with Crippen molar-refractivity contribution in [2.75, 3.05) is 11.9 Å². The highest BCUT2D eigenvalue weighted by atomic mass is 32.1. The third-order valence-electron chi connectivity index (χ3n) is 5.72. The van der Waals surface area contributed by atoms with Crippen molar-refractivity contribution in [1.82, 2.24) is 5.32 Å². The van der Waals surface area contributed by atoms with Gasteiger partial charge in [0.15, 0.2) is 0 Å². The average molecular weight is 391 g/mol. The topological polar surface area (TPSA) is 45.6 Å². The van der Waals surface area contributed by atoms with Crippen LogP contribution in [-0.2, 0) is 19.5 Å². The lowest BCUT2D eigenvalue weighted by Gasteiger charge is -2.27. The minimum atomic E-state index is -0.159. The van der Waals surface area contributed by atoms with Gasteiger partial charge in [-0.05, 0) is 18.1 Å². The van der Waals surface area contributed by atoms with Crippen LogP contribution >= 0.6 is 11.3 Å². The van der Waals surface area contributed by atoms with Gasteiger partial charge in [0.2, 0.25) is 0 Å². The van der Waals surface area contributed by atoms with E-state index in [2.05, 4.69) is 72.2 Å². The van der Waals surface area contributed by atoms with Crippen LogP contribution in [0.2, 0.25) is 0 Å². The van der Waals surface area contributed by atoms with Crippen molar-refractivity contribution in [1.29, 1.82) is 0 Å². The van der Waals surface area contributed by atoms with Gasteiger partial charge in [-0.1, -0.05) is 60.2 Å². The third kappa shape index (κ3) is 3.21. The molecule has 0 spiro atoms. The van der Waals surface area contributed by atoms with E-state index in [1.165, 1.54) is 21.6 Å². The van der Waals surface area contributed by atoms with Crippen molar-refractivity contribution in [2.45, 2.75) is 32.6 Å². The van der Waals surface area contributed by atoms with Gasteiger partial charge in [-0.15, -0.1) is 11.3 Å². The number of fused-ring (bicyclic) bond motifs is 3. The van der Waals surface area contributed by atoms with Crippen LogP contribution in [0.4, 0.5) is 5.00 Å². The molecule has 0 radical (unpaired) electrons. The van der Waals surface area contributed by atoms with Crippen LogP contribution in [0.15, 0.2) is 54.6 Å². The first kappa shape index (κ1) is 17.5. The van der Waals surface area contributed by atoms with E-state index in [0.717, 1.165) is 42.2 Å². The van der Waals surface area contributed by atoms with Crippen molar-refractivity contribution in [3.8, 4) is 0 Å². The molecule has 0 saturated carbocycles. The fraction of sp³-hybridized carbons (Fsp3) is 0.261. The Bertz CT molecular complexity index is 1010. The Balaban J connectivity index is 1.38. The monoisotopic (exact) mass is 390 g/mol. The second-order valence-electron chi connectivity index (χ2n) is 7.76. The molecule has 0 saturated heterocycles. The van der Waals surface area contributed by atoms with E-state index >= 15 is 0 Å². The van der Waals surface area contributed by atoms with Gasteiger partial charge in [0, 0.05) is 12.0 Å². The Hall–Kier alpha value is -2.63. The van der Waals surface area contributed by atoms with Crippen LogP contribution < -0.4 is 15.5 Å². The summed E-state index contributed by atoms with van der Waals surface area (Å²) >= 11 is 1.76. The van der Waals surface area contributed by atoms with Gasteiger partial charge in [0.1, 0.15) is 24.3 Å². The maximum absolute atomic E-state index is 12.9. The normalized spacial score (nSPS) is 20.7. The van der Waals surface area contributed by atoms with E-state index in [-0.39, 0.29) is 12.1 Å². The van der Waals surface area contributed by atoms with Crippen molar-refractivity contribution in [3.05, 3.63) is 87.3 Å². The molecule has 5 rings (SSSR count). The van der Waals surface area contributed by atoms with Crippen LogP contribution in [-0.4, -0.2) is 12.5 Å². The van der Waals surface area contributed by atoms with Gasteiger partial charge in [-0.3, -0.25) is 4.79 Å². The minimum Gasteiger partial charge on any atom is -0.353 e. The molecule has 0 bridgehead atoms. The van der Waals surface area contributed by atoms with E-state index in [4.69, 9.17) is 0 Å². The third-order valence-corrected chi connectivity index (χ3v) is 6.88. The zero-order valence-electron chi connectivity index (χ0n) is 15.9. The average Bonchev–Trinajstić information content (AvgIpc) is 3.07. The smallest absolute Gasteiger partial charge is 0.256 e. The second-order valence-corrected chi connectivity index (χ2v) is 8.86. The first-order valence-corrected chi connectivity index (χ1v) is 10.6. The minimum absolute atomic E-state index is 0.0586. The van der Waals surface area contributed by atoms with Gasteiger partial charge >= 0.3 is 0 Å². The molecule has 28 heavy (non-hydrogen) atoms. The predicted molar refractivity (Wildman–Crippen MR) is 113 cm³/mol. The zero-order chi connectivity index (χ0) is 19.1. The maximum atomic E-state index is 12.9. The molecule has 2 aromatic carbocycles. The molecule has 5 heteroatoms. The number of carbonyl (C=O) groups excluding carboxylic acids is 1. The number of aryl methyl sites for hydroxylation is 1. The van der Waals surface area contributed by atoms with Gasteiger partial charge in [-0.2, -0.15) is 0 Å². The maximum Gasteiger partial charge on any atom is 0.256 e. The van der Waals surface area contributed by atoms with Crippen molar-refractivity contribution in [3.63, 3.8) is 0 Å². The number of benzene rings is 2. The number of carbonyl (C=O) groups is 1. The van der Waals surface area contributed by atoms with E-state index in [0.29, 0.717) is 0 Å². The lowest BCUT2D eigenvalue weighted by atomic mass is 10.00. The lowest BCUT2D eigenvalue weighted by Crippen LogP contribution is -3.10. The second kappa shape index (κ2) is 7.08. The standard InChI is InChI=1S/C23H23N3OS/c1-15-7-9-17(10-8-15)21-24-22(27)20-18-11-12-26(13-16-5-3-2-4-6-16)14-19(18)28-23(20)25-21/h2-10,21,25H,11-14H2,1H3,(H,24,27)/p+1. The van der Waals surface area contributed by atoms with Crippen LogP contribution in [0.1, 0.15) is 43.7 Å². The molecule has 2 aliphatic rings. The Morgan fingerprint density at radius 3 is 2.64 bits per heavy atom. The van der Waals surface area contributed by atoms with Gasteiger partial charge in [0.05, 0.1) is 17.0 Å². The van der Waals surface area contributed by atoms with E-state index in [1.54, 1.807) is 16.2 Å². The molecular formula is C23H24N3OS+. The largest absolute Gasteiger partial charge is 0.353 e. The summed E-state index contributed by atoms with van der Waals surface area (Å²) in [4.78, 5) is 15.8. The quantitative estimate of drug-likeness (QED) is 0.644. The number of amides is 1. The van der Waals surface area contributed by atoms with Crippen molar-refractivity contribution in [2.24, 2.45) is 0 Å². The molecular weight excluding hydrogens is 366 g/mol. The Morgan fingerprint density at radius 1 is 1.07 bits per heavy atom. The number of rotatable bonds is 3. The van der Waals surface area contributed by atoms with Crippen LogP contribution in [0.25, 0.3) is 0 Å². The number of nitrogens with one attached hydrogen (secondary N) is 3. The lowest BCUT2D eigenvalue weighted by molar-refractivity contribution is -0.929. The Labute approximate surface area is 169 Å². The van der Waals surface area contributed by atoms with E-state index < -0.39 is 0 Å². The molecule has 4 nitrogen and oxygen atoms in total. The summed E-state index contributed by atoms with van der Waals surface area (Å²) in [6.45, 7) is 5.17. The molecule has 0 aliphatic carbocycles. The van der Waals surface area contributed by atoms with E-state index in [9.17, 15) is 4.79 Å². The molecule has 2 unspecified atom stereocenters. The number of thiophene rings is 1. The van der Waals surface area contributed by atoms with Crippen molar-refractivity contribution >= 4 is 22.2 Å². The SMILES string of the molecule is Cc1ccc(C2NC(=O)c3c(sc4c3CC[NH+](Cc3ccccc3)C4)N2)cc1. The first-order valence-electron chi connectivity index (χ1n) is 9.83. The Morgan fingerprint density at radius 2 is 1.86 bits per heavy atom. The fourth-order valence-corrected chi connectivity index (χ4v) is 5.55. The Kier molecular flexibility index (Phi) is 4.41. The van der Waals surface area contributed by atoms with Crippen LogP contribution in [0.5, 0.6) is 0 Å². The molecule has 3 N–H and O–H groups in total. The molecule has 142 valence electrons. The van der Waals surface area contributed by atoms with Gasteiger partial charge in [0.25, 0.3) is 5.91 Å². The molecule has 1 amide bonds. The molecule has 2 aliphatic heterocycles. The molecule has 2 atom stereocenters. The molecule has 1 aromatic heterocycles. The van der Waals surface area contributed by atoms with E-state index in [1.807, 2.05) is 0 Å².